The van der Waals surface area contributed by atoms with E-state index >= 15 is 0 Å². The van der Waals surface area contributed by atoms with E-state index in [9.17, 15) is 0 Å². The van der Waals surface area contributed by atoms with Crippen LogP contribution in [0.2, 0.25) is 0 Å². The maximum Gasteiger partial charge on any atom is 0.0122 e. The second kappa shape index (κ2) is 6.94. The molecule has 5 aromatic rings. The van der Waals surface area contributed by atoms with Gasteiger partial charge in [-0.3, -0.25) is 0 Å². The Morgan fingerprint density at radius 2 is 1.30 bits per heavy atom. The molecule has 5 rings (SSSR count). The molecule has 0 spiro atoms. The van der Waals surface area contributed by atoms with Crippen molar-refractivity contribution in [2.45, 2.75) is 9.79 Å². The third-order valence-electron chi connectivity index (χ3n) is 4.80. The van der Waals surface area contributed by atoms with E-state index in [0.29, 0.717) is 0 Å². The normalized spacial score (nSPS) is 11.1. The van der Waals surface area contributed by atoms with E-state index in [1.807, 2.05) is 6.07 Å². The zero-order chi connectivity index (χ0) is 18.1. The summed E-state index contributed by atoms with van der Waals surface area (Å²) in [5.74, 6) is 0. The third-order valence-corrected chi connectivity index (χ3v) is 5.82. The molecule has 127 valence electrons. The predicted octanol–water partition coefficient (Wildman–Crippen LogP) is 7.61. The lowest BCUT2D eigenvalue weighted by molar-refractivity contribution is 1.41. The Labute approximate surface area is 163 Å². The van der Waals surface area contributed by atoms with Gasteiger partial charge < -0.3 is 0 Å². The van der Waals surface area contributed by atoms with Crippen molar-refractivity contribution in [3.05, 3.63) is 109 Å². The summed E-state index contributed by atoms with van der Waals surface area (Å²) in [5, 5.41) is 4.95. The molecule has 0 amide bonds. The molecular weight excluding hydrogens is 344 g/mol. The van der Waals surface area contributed by atoms with Gasteiger partial charge >= 0.3 is 0 Å². The molecule has 5 aromatic carbocycles. The summed E-state index contributed by atoms with van der Waals surface area (Å²) in [6, 6.07) is 39.9. The van der Waals surface area contributed by atoms with Crippen LogP contribution in [-0.4, -0.2) is 0 Å². The second-order valence-corrected chi connectivity index (χ2v) is 7.69. The molecule has 0 bridgehead atoms. The fourth-order valence-corrected chi connectivity index (χ4v) is 4.39. The monoisotopic (exact) mass is 361 g/mol. The number of rotatable bonds is 3. The Hall–Kier alpha value is -3.03. The van der Waals surface area contributed by atoms with Gasteiger partial charge in [0.05, 0.1) is 0 Å². The molecule has 0 heterocycles. The minimum atomic E-state index is 1.18. The fourth-order valence-electron chi connectivity index (χ4n) is 3.55. The first kappa shape index (κ1) is 16.2. The summed E-state index contributed by atoms with van der Waals surface area (Å²) in [5.41, 5.74) is 2.50. The van der Waals surface area contributed by atoms with Crippen molar-refractivity contribution in [2.75, 3.05) is 0 Å². The summed E-state index contributed by atoms with van der Waals surface area (Å²) in [6.45, 7) is 0. The van der Waals surface area contributed by atoms with Crippen molar-refractivity contribution in [2.24, 2.45) is 0 Å². The second-order valence-electron chi connectivity index (χ2n) is 6.55. The lowest BCUT2D eigenvalue weighted by atomic mass is 9.92. The standard InChI is InChI=1S/C26H17S/c1-2-10-22(11-3-1)27-23-16-14-19(15-17-23)26-24-12-6-4-8-20(24)18-21-9-5-7-13-25(21)26/h1-12,14-18H. The number of benzene rings is 5. The van der Waals surface area contributed by atoms with Gasteiger partial charge in [-0.1, -0.05) is 84.6 Å². The molecule has 0 nitrogen and oxygen atoms in total. The first-order valence-electron chi connectivity index (χ1n) is 9.04. The van der Waals surface area contributed by atoms with Crippen molar-refractivity contribution < 1.29 is 0 Å². The van der Waals surface area contributed by atoms with Crippen LogP contribution >= 0.6 is 11.8 Å². The Bertz CT molecular complexity index is 1170. The van der Waals surface area contributed by atoms with Gasteiger partial charge in [-0.2, -0.15) is 0 Å². The molecule has 27 heavy (non-hydrogen) atoms. The Morgan fingerprint density at radius 1 is 0.593 bits per heavy atom. The SMILES string of the molecule is [c]1cccc2cc3ccccc3c(-c3ccc(Sc4ccccc4)cc3)c12. The molecule has 0 saturated heterocycles. The molecule has 0 aromatic heterocycles. The highest BCUT2D eigenvalue weighted by Crippen LogP contribution is 2.37. The van der Waals surface area contributed by atoms with Gasteiger partial charge in [0.15, 0.2) is 0 Å². The van der Waals surface area contributed by atoms with Crippen LogP contribution in [0.15, 0.2) is 113 Å². The molecular formula is C26H17S. The Morgan fingerprint density at radius 3 is 2.15 bits per heavy atom. The smallest absolute Gasteiger partial charge is 0.0122 e. The summed E-state index contributed by atoms with van der Waals surface area (Å²) in [7, 11) is 0. The highest BCUT2D eigenvalue weighted by molar-refractivity contribution is 7.99. The maximum atomic E-state index is 3.46. The van der Waals surface area contributed by atoms with Gasteiger partial charge in [-0.15, -0.1) is 0 Å². The predicted molar refractivity (Wildman–Crippen MR) is 116 cm³/mol. The van der Waals surface area contributed by atoms with Crippen LogP contribution in [0.5, 0.6) is 0 Å². The zero-order valence-electron chi connectivity index (χ0n) is 14.7. The van der Waals surface area contributed by atoms with Gasteiger partial charge in [0.25, 0.3) is 0 Å². The van der Waals surface area contributed by atoms with Gasteiger partial charge in [0, 0.05) is 9.79 Å². The largest absolute Gasteiger partial charge is 0.0901 e. The summed E-state index contributed by atoms with van der Waals surface area (Å²) in [6.07, 6.45) is 0. The molecule has 1 radical (unpaired) electrons. The van der Waals surface area contributed by atoms with E-state index < -0.39 is 0 Å². The topological polar surface area (TPSA) is 0 Å². The molecule has 0 saturated carbocycles. The minimum absolute atomic E-state index is 1.18. The van der Waals surface area contributed by atoms with Crippen LogP contribution in [0.1, 0.15) is 0 Å². The van der Waals surface area contributed by atoms with Gasteiger partial charge in [-0.25, -0.2) is 0 Å². The van der Waals surface area contributed by atoms with E-state index in [1.165, 1.54) is 42.5 Å². The van der Waals surface area contributed by atoms with Crippen LogP contribution in [0.25, 0.3) is 32.7 Å². The average molecular weight is 361 g/mol. The number of hydrogen-bond donors (Lipinski definition) is 0. The number of fused-ring (bicyclic) bond motifs is 2. The average Bonchev–Trinajstić information content (AvgIpc) is 2.73. The highest BCUT2D eigenvalue weighted by atomic mass is 32.2. The van der Waals surface area contributed by atoms with Crippen LogP contribution in [0.4, 0.5) is 0 Å². The Balaban J connectivity index is 1.64. The molecule has 1 heteroatoms. The van der Waals surface area contributed by atoms with Crippen molar-refractivity contribution in [3.63, 3.8) is 0 Å². The van der Waals surface area contributed by atoms with Crippen molar-refractivity contribution in [1.29, 1.82) is 0 Å². The highest BCUT2D eigenvalue weighted by Gasteiger charge is 2.10. The van der Waals surface area contributed by atoms with Crippen molar-refractivity contribution in [1.82, 2.24) is 0 Å². The van der Waals surface area contributed by atoms with Crippen molar-refractivity contribution >= 4 is 33.3 Å². The Kier molecular flexibility index (Phi) is 4.16. The van der Waals surface area contributed by atoms with E-state index in [2.05, 4.69) is 103 Å². The lowest BCUT2D eigenvalue weighted by Gasteiger charge is -2.12. The molecule has 0 N–H and O–H groups in total. The van der Waals surface area contributed by atoms with Gasteiger partial charge in [-0.05, 0) is 69.1 Å². The molecule has 0 aliphatic rings. The van der Waals surface area contributed by atoms with Crippen LogP contribution in [0, 0.1) is 6.07 Å². The summed E-state index contributed by atoms with van der Waals surface area (Å²) in [4.78, 5) is 2.51. The zero-order valence-corrected chi connectivity index (χ0v) is 15.5. The summed E-state index contributed by atoms with van der Waals surface area (Å²) < 4.78 is 0. The van der Waals surface area contributed by atoms with Crippen LogP contribution in [-0.2, 0) is 0 Å². The molecule has 0 fully saturated rings. The van der Waals surface area contributed by atoms with E-state index in [1.54, 1.807) is 11.8 Å². The van der Waals surface area contributed by atoms with Gasteiger partial charge in [0.2, 0.25) is 0 Å². The van der Waals surface area contributed by atoms with Crippen LogP contribution in [0.3, 0.4) is 0 Å². The molecule has 0 aliphatic carbocycles. The van der Waals surface area contributed by atoms with E-state index in [0.717, 1.165) is 0 Å². The summed E-state index contributed by atoms with van der Waals surface area (Å²) >= 11 is 1.79. The number of hydrogen-bond acceptors (Lipinski definition) is 1. The van der Waals surface area contributed by atoms with Crippen LogP contribution < -0.4 is 0 Å². The third kappa shape index (κ3) is 3.11. The van der Waals surface area contributed by atoms with Crippen molar-refractivity contribution in [3.8, 4) is 11.1 Å². The van der Waals surface area contributed by atoms with Gasteiger partial charge in [0.1, 0.15) is 0 Å². The first-order chi connectivity index (χ1) is 13.4. The fraction of sp³-hybridized carbons (Fsp3) is 0. The maximum absolute atomic E-state index is 3.46. The van der Waals surface area contributed by atoms with E-state index in [4.69, 9.17) is 0 Å². The molecule has 0 unspecified atom stereocenters. The van der Waals surface area contributed by atoms with E-state index in [-0.39, 0.29) is 0 Å². The minimum Gasteiger partial charge on any atom is -0.0901 e. The molecule has 0 atom stereocenters. The lowest BCUT2D eigenvalue weighted by Crippen LogP contribution is -1.86. The first-order valence-corrected chi connectivity index (χ1v) is 9.86. The molecule has 0 aliphatic heterocycles. The quantitative estimate of drug-likeness (QED) is 0.298.